The van der Waals surface area contributed by atoms with E-state index in [0.29, 0.717) is 11.6 Å². The van der Waals surface area contributed by atoms with Crippen LogP contribution in [0.1, 0.15) is 17.5 Å². The summed E-state index contributed by atoms with van der Waals surface area (Å²) in [5.41, 5.74) is 2.71. The molecule has 0 N–H and O–H groups in total. The lowest BCUT2D eigenvalue weighted by Gasteiger charge is -2.22. The number of thiazole rings is 1. The van der Waals surface area contributed by atoms with Crippen LogP contribution in [0.4, 0.5) is 5.69 Å². The van der Waals surface area contributed by atoms with Crippen LogP contribution in [0.2, 0.25) is 5.02 Å². The standard InChI is InChI=1S/C17H17ClN2OS2/c1-4-20(23(21)17-7-5-6-14(18)11(17)2)13-8-9-16-15(10-13)19-12(3)22-16/h5-10H,4H2,1-3H3. The fourth-order valence-corrected chi connectivity index (χ4v) is 4.86. The molecule has 0 amide bonds. The van der Waals surface area contributed by atoms with Gasteiger partial charge in [0.05, 0.1) is 25.8 Å². The lowest BCUT2D eigenvalue weighted by atomic mass is 10.2. The number of aromatic nitrogens is 1. The predicted octanol–water partition coefficient (Wildman–Crippen LogP) is 5.12. The van der Waals surface area contributed by atoms with Gasteiger partial charge in [-0.1, -0.05) is 17.7 Å². The van der Waals surface area contributed by atoms with Gasteiger partial charge in [-0.15, -0.1) is 11.3 Å². The molecule has 120 valence electrons. The van der Waals surface area contributed by atoms with E-state index in [4.69, 9.17) is 11.6 Å². The summed E-state index contributed by atoms with van der Waals surface area (Å²) in [6, 6.07) is 11.6. The van der Waals surface area contributed by atoms with Gasteiger partial charge in [0.15, 0.2) is 11.0 Å². The lowest BCUT2D eigenvalue weighted by molar-refractivity contribution is 0.679. The fraction of sp³-hybridized carbons (Fsp3) is 0.235. The summed E-state index contributed by atoms with van der Waals surface area (Å²) in [6.45, 7) is 6.52. The molecule has 1 atom stereocenters. The summed E-state index contributed by atoms with van der Waals surface area (Å²) in [5.74, 6) is 0. The third-order valence-corrected chi connectivity index (χ3v) is 6.71. The van der Waals surface area contributed by atoms with Crippen molar-refractivity contribution in [1.29, 1.82) is 0 Å². The first-order valence-corrected chi connectivity index (χ1v) is 9.63. The zero-order valence-electron chi connectivity index (χ0n) is 13.2. The maximum absolute atomic E-state index is 13.1. The van der Waals surface area contributed by atoms with Crippen molar-refractivity contribution in [2.24, 2.45) is 0 Å². The van der Waals surface area contributed by atoms with Gasteiger partial charge in [-0.2, -0.15) is 0 Å². The summed E-state index contributed by atoms with van der Waals surface area (Å²) >= 11 is 7.84. The first-order valence-electron chi connectivity index (χ1n) is 7.33. The van der Waals surface area contributed by atoms with Crippen LogP contribution in [0, 0.1) is 13.8 Å². The Hall–Kier alpha value is -1.43. The van der Waals surface area contributed by atoms with E-state index in [1.54, 1.807) is 11.3 Å². The van der Waals surface area contributed by atoms with E-state index in [0.717, 1.165) is 31.4 Å². The molecule has 0 saturated carbocycles. The molecule has 1 aromatic heterocycles. The van der Waals surface area contributed by atoms with E-state index < -0.39 is 11.0 Å². The number of anilines is 1. The largest absolute Gasteiger partial charge is 0.288 e. The molecule has 0 spiro atoms. The maximum Gasteiger partial charge on any atom is 0.153 e. The third-order valence-electron chi connectivity index (χ3n) is 3.66. The summed E-state index contributed by atoms with van der Waals surface area (Å²) in [6.07, 6.45) is 0. The molecule has 0 aliphatic heterocycles. The van der Waals surface area contributed by atoms with Gasteiger partial charge in [0.1, 0.15) is 0 Å². The van der Waals surface area contributed by atoms with Gasteiger partial charge in [0.25, 0.3) is 0 Å². The lowest BCUT2D eigenvalue weighted by Crippen LogP contribution is -2.25. The number of halogens is 1. The molecule has 1 heterocycles. The average molecular weight is 365 g/mol. The highest BCUT2D eigenvalue weighted by Gasteiger charge is 2.18. The van der Waals surface area contributed by atoms with Crippen molar-refractivity contribution in [3.8, 4) is 0 Å². The molecule has 23 heavy (non-hydrogen) atoms. The SMILES string of the molecule is CCN(c1ccc2sc(C)nc2c1)S(=O)c1cccc(Cl)c1C. The van der Waals surface area contributed by atoms with Gasteiger partial charge in [0.2, 0.25) is 0 Å². The van der Waals surface area contributed by atoms with Gasteiger partial charge in [-0.3, -0.25) is 4.31 Å². The normalized spacial score (nSPS) is 12.5. The van der Waals surface area contributed by atoms with Crippen LogP contribution in [0.15, 0.2) is 41.3 Å². The van der Waals surface area contributed by atoms with Crippen molar-refractivity contribution in [1.82, 2.24) is 4.98 Å². The molecule has 1 unspecified atom stereocenters. The Kier molecular flexibility index (Phi) is 4.71. The number of rotatable bonds is 4. The maximum atomic E-state index is 13.1. The highest BCUT2D eigenvalue weighted by Crippen LogP contribution is 2.30. The second-order valence-corrected chi connectivity index (χ2v) is 8.21. The highest BCUT2D eigenvalue weighted by atomic mass is 35.5. The summed E-state index contributed by atoms with van der Waals surface area (Å²) in [7, 11) is -1.31. The van der Waals surface area contributed by atoms with E-state index >= 15 is 0 Å². The Balaban J connectivity index is 2.03. The quantitative estimate of drug-likeness (QED) is 0.644. The number of aryl methyl sites for hydroxylation is 1. The molecule has 6 heteroatoms. The van der Waals surface area contributed by atoms with Gasteiger partial charge in [-0.05, 0) is 56.7 Å². The molecule has 0 radical (unpaired) electrons. The molecule has 0 saturated heterocycles. The van der Waals surface area contributed by atoms with E-state index in [2.05, 4.69) is 4.98 Å². The van der Waals surface area contributed by atoms with Crippen LogP contribution in [0.5, 0.6) is 0 Å². The highest BCUT2D eigenvalue weighted by molar-refractivity contribution is 7.86. The fourth-order valence-electron chi connectivity index (χ4n) is 2.48. The summed E-state index contributed by atoms with van der Waals surface area (Å²) < 4.78 is 16.1. The zero-order chi connectivity index (χ0) is 16.6. The van der Waals surface area contributed by atoms with Gasteiger partial charge in [0, 0.05) is 11.6 Å². The molecule has 0 aliphatic rings. The monoisotopic (exact) mass is 364 g/mol. The molecule has 2 aromatic carbocycles. The van der Waals surface area contributed by atoms with Crippen molar-refractivity contribution in [3.63, 3.8) is 0 Å². The molecular formula is C17H17ClN2OS2. The van der Waals surface area contributed by atoms with E-state index in [1.807, 2.05) is 61.5 Å². The Labute approximate surface area is 147 Å². The Morgan fingerprint density at radius 2 is 2.04 bits per heavy atom. The average Bonchev–Trinajstić information content (AvgIpc) is 2.90. The molecule has 0 bridgehead atoms. The first-order chi connectivity index (χ1) is 11.0. The van der Waals surface area contributed by atoms with Gasteiger partial charge < -0.3 is 0 Å². The molecule has 3 nitrogen and oxygen atoms in total. The molecule has 3 aromatic rings. The smallest absolute Gasteiger partial charge is 0.153 e. The van der Waals surface area contributed by atoms with E-state index in [1.165, 1.54) is 0 Å². The van der Waals surface area contributed by atoms with E-state index in [-0.39, 0.29) is 0 Å². The summed E-state index contributed by atoms with van der Waals surface area (Å²) in [4.78, 5) is 5.27. The van der Waals surface area contributed by atoms with Crippen LogP contribution in [0.3, 0.4) is 0 Å². The van der Waals surface area contributed by atoms with Crippen molar-refractivity contribution in [3.05, 3.63) is 52.0 Å². The molecule has 3 rings (SSSR count). The number of nitrogens with zero attached hydrogens (tertiary/aromatic N) is 2. The van der Waals surface area contributed by atoms with Crippen molar-refractivity contribution >= 4 is 49.8 Å². The topological polar surface area (TPSA) is 33.2 Å². The number of hydrogen-bond acceptors (Lipinski definition) is 3. The minimum absolute atomic E-state index is 0.632. The third kappa shape index (κ3) is 3.13. The Morgan fingerprint density at radius 1 is 1.26 bits per heavy atom. The van der Waals surface area contributed by atoms with Crippen molar-refractivity contribution in [2.75, 3.05) is 10.8 Å². The van der Waals surface area contributed by atoms with Gasteiger partial charge in [-0.25, -0.2) is 9.19 Å². The molecular weight excluding hydrogens is 348 g/mol. The van der Waals surface area contributed by atoms with Crippen LogP contribution in [0.25, 0.3) is 10.2 Å². The van der Waals surface area contributed by atoms with Crippen molar-refractivity contribution < 1.29 is 4.21 Å². The molecule has 0 fully saturated rings. The second kappa shape index (κ2) is 6.59. The summed E-state index contributed by atoms with van der Waals surface area (Å²) in [5, 5.41) is 1.67. The van der Waals surface area contributed by atoms with Crippen LogP contribution in [-0.2, 0) is 11.0 Å². The van der Waals surface area contributed by atoms with Crippen molar-refractivity contribution in [2.45, 2.75) is 25.7 Å². The van der Waals surface area contributed by atoms with Gasteiger partial charge >= 0.3 is 0 Å². The minimum Gasteiger partial charge on any atom is -0.288 e. The first kappa shape index (κ1) is 16.4. The predicted molar refractivity (Wildman–Crippen MR) is 100.0 cm³/mol. The number of hydrogen-bond donors (Lipinski definition) is 0. The number of benzene rings is 2. The second-order valence-electron chi connectivity index (χ2n) is 5.19. The Bertz CT molecular complexity index is 891. The minimum atomic E-state index is -1.31. The zero-order valence-corrected chi connectivity index (χ0v) is 15.6. The van der Waals surface area contributed by atoms with Crippen LogP contribution < -0.4 is 4.31 Å². The van der Waals surface area contributed by atoms with E-state index in [9.17, 15) is 4.21 Å². The Morgan fingerprint density at radius 3 is 2.78 bits per heavy atom. The number of fused-ring (bicyclic) bond motifs is 1. The van der Waals surface area contributed by atoms with Crippen LogP contribution in [-0.4, -0.2) is 15.7 Å². The molecule has 0 aliphatic carbocycles. The van der Waals surface area contributed by atoms with Crippen LogP contribution >= 0.6 is 22.9 Å².